The van der Waals surface area contributed by atoms with Gasteiger partial charge in [-0.3, -0.25) is 4.68 Å². The second-order valence-corrected chi connectivity index (χ2v) is 4.97. The second-order valence-electron chi connectivity index (χ2n) is 4.97. The van der Waals surface area contributed by atoms with E-state index in [4.69, 9.17) is 5.73 Å². The van der Waals surface area contributed by atoms with Crippen molar-refractivity contribution in [1.29, 1.82) is 0 Å². The van der Waals surface area contributed by atoms with E-state index in [1.165, 1.54) is 49.8 Å². The Morgan fingerprint density at radius 3 is 2.47 bits per heavy atom. The molecule has 0 radical (unpaired) electrons. The van der Waals surface area contributed by atoms with E-state index in [9.17, 15) is 0 Å². The minimum absolute atomic E-state index is 0.162. The normalized spacial score (nSPS) is 12.9. The van der Waals surface area contributed by atoms with Gasteiger partial charge in [0.15, 0.2) is 0 Å². The van der Waals surface area contributed by atoms with Crippen LogP contribution in [0.15, 0.2) is 6.20 Å². The first kappa shape index (κ1) is 14.2. The van der Waals surface area contributed by atoms with Crippen LogP contribution in [0.1, 0.15) is 69.2 Å². The maximum Gasteiger partial charge on any atom is 0.0540 e. The Labute approximate surface area is 105 Å². The zero-order valence-corrected chi connectivity index (χ0v) is 11.6. The van der Waals surface area contributed by atoms with Gasteiger partial charge in [0.1, 0.15) is 0 Å². The maximum atomic E-state index is 6.20. The van der Waals surface area contributed by atoms with Crippen LogP contribution in [0.2, 0.25) is 0 Å². The number of rotatable bonds is 8. The third-order valence-electron chi connectivity index (χ3n) is 3.54. The van der Waals surface area contributed by atoms with Crippen molar-refractivity contribution in [2.75, 3.05) is 0 Å². The number of hydrogen-bond donors (Lipinski definition) is 1. The summed E-state index contributed by atoms with van der Waals surface area (Å²) in [6.07, 6.45) is 11.0. The molecule has 2 N–H and O–H groups in total. The van der Waals surface area contributed by atoms with Gasteiger partial charge < -0.3 is 5.73 Å². The van der Waals surface area contributed by atoms with Crippen LogP contribution in [0.25, 0.3) is 0 Å². The van der Waals surface area contributed by atoms with Gasteiger partial charge >= 0.3 is 0 Å². The van der Waals surface area contributed by atoms with E-state index in [1.807, 2.05) is 17.9 Å². The van der Waals surface area contributed by atoms with Gasteiger partial charge in [-0.15, -0.1) is 0 Å². The summed E-state index contributed by atoms with van der Waals surface area (Å²) in [5.41, 5.74) is 8.60. The fourth-order valence-electron chi connectivity index (χ4n) is 2.18. The van der Waals surface area contributed by atoms with Gasteiger partial charge in [-0.2, -0.15) is 5.10 Å². The molecule has 1 heterocycles. The molecule has 0 bridgehead atoms. The summed E-state index contributed by atoms with van der Waals surface area (Å²) in [5.74, 6) is 0. The van der Waals surface area contributed by atoms with Gasteiger partial charge in [0.25, 0.3) is 0 Å². The van der Waals surface area contributed by atoms with Gasteiger partial charge in [0.05, 0.1) is 6.20 Å². The van der Waals surface area contributed by atoms with Gasteiger partial charge in [-0.1, -0.05) is 45.4 Å². The lowest BCUT2D eigenvalue weighted by molar-refractivity contribution is 0.545. The van der Waals surface area contributed by atoms with Crippen LogP contribution in [-0.4, -0.2) is 9.78 Å². The average molecular weight is 237 g/mol. The molecule has 98 valence electrons. The fourth-order valence-corrected chi connectivity index (χ4v) is 2.18. The summed E-state index contributed by atoms with van der Waals surface area (Å²) in [7, 11) is 1.97. The van der Waals surface area contributed by atoms with E-state index in [2.05, 4.69) is 18.9 Å². The van der Waals surface area contributed by atoms with Crippen LogP contribution in [0.5, 0.6) is 0 Å². The van der Waals surface area contributed by atoms with Gasteiger partial charge in [0, 0.05) is 24.3 Å². The van der Waals surface area contributed by atoms with Crippen molar-refractivity contribution in [2.24, 2.45) is 12.8 Å². The summed E-state index contributed by atoms with van der Waals surface area (Å²) in [6, 6.07) is 0.162. The molecule has 0 aromatic carbocycles. The van der Waals surface area contributed by atoms with E-state index in [0.29, 0.717) is 0 Å². The van der Waals surface area contributed by atoms with Crippen molar-refractivity contribution < 1.29 is 0 Å². The van der Waals surface area contributed by atoms with Crippen molar-refractivity contribution in [3.63, 3.8) is 0 Å². The summed E-state index contributed by atoms with van der Waals surface area (Å²) >= 11 is 0. The molecule has 17 heavy (non-hydrogen) atoms. The van der Waals surface area contributed by atoms with Crippen LogP contribution < -0.4 is 5.73 Å². The molecular formula is C14H27N3. The third-order valence-corrected chi connectivity index (χ3v) is 3.54. The molecule has 0 amide bonds. The molecule has 0 saturated carbocycles. The Hall–Kier alpha value is -0.830. The molecule has 0 saturated heterocycles. The molecular weight excluding hydrogens is 210 g/mol. The highest BCUT2D eigenvalue weighted by Crippen LogP contribution is 2.20. The molecule has 0 aliphatic carbocycles. The largest absolute Gasteiger partial charge is 0.324 e. The number of hydrogen-bond acceptors (Lipinski definition) is 2. The SMILES string of the molecule is CCCCCCCCC(N)c1cnn(C)c1C. The van der Waals surface area contributed by atoms with E-state index < -0.39 is 0 Å². The predicted octanol–water partition coefficient (Wildman–Crippen LogP) is 3.48. The van der Waals surface area contributed by atoms with Crippen LogP contribution in [0.3, 0.4) is 0 Å². The van der Waals surface area contributed by atoms with E-state index in [0.717, 1.165) is 6.42 Å². The number of aryl methyl sites for hydroxylation is 1. The van der Waals surface area contributed by atoms with Crippen LogP contribution in [0, 0.1) is 6.92 Å². The molecule has 0 aliphatic rings. The van der Waals surface area contributed by atoms with E-state index >= 15 is 0 Å². The topological polar surface area (TPSA) is 43.8 Å². The zero-order valence-electron chi connectivity index (χ0n) is 11.6. The first-order valence-corrected chi connectivity index (χ1v) is 6.91. The van der Waals surface area contributed by atoms with E-state index in [1.54, 1.807) is 0 Å². The second kappa shape index (κ2) is 7.49. The van der Waals surface area contributed by atoms with Crippen molar-refractivity contribution in [3.05, 3.63) is 17.5 Å². The molecule has 3 nitrogen and oxygen atoms in total. The van der Waals surface area contributed by atoms with E-state index in [-0.39, 0.29) is 6.04 Å². The smallest absolute Gasteiger partial charge is 0.0540 e. The van der Waals surface area contributed by atoms with Gasteiger partial charge in [0.2, 0.25) is 0 Å². The fraction of sp³-hybridized carbons (Fsp3) is 0.786. The van der Waals surface area contributed by atoms with Crippen molar-refractivity contribution in [1.82, 2.24) is 9.78 Å². The monoisotopic (exact) mass is 237 g/mol. The Bertz CT molecular complexity index is 317. The number of nitrogens with zero attached hydrogens (tertiary/aromatic N) is 2. The summed E-state index contributed by atoms with van der Waals surface area (Å²) in [4.78, 5) is 0. The molecule has 1 unspecified atom stereocenters. The number of unbranched alkanes of at least 4 members (excludes halogenated alkanes) is 5. The first-order chi connectivity index (χ1) is 8.16. The standard InChI is InChI=1S/C14H27N3/c1-4-5-6-7-8-9-10-14(15)13-11-16-17(3)12(13)2/h11,14H,4-10,15H2,1-3H3. The Balaban J connectivity index is 2.21. The highest BCUT2D eigenvalue weighted by atomic mass is 15.3. The lowest BCUT2D eigenvalue weighted by Gasteiger charge is -2.11. The van der Waals surface area contributed by atoms with Gasteiger partial charge in [-0.25, -0.2) is 0 Å². The molecule has 0 aliphatic heterocycles. The zero-order chi connectivity index (χ0) is 12.7. The van der Waals surface area contributed by atoms with Crippen molar-refractivity contribution >= 4 is 0 Å². The molecule has 0 spiro atoms. The third kappa shape index (κ3) is 4.50. The highest BCUT2D eigenvalue weighted by molar-refractivity contribution is 5.19. The van der Waals surface area contributed by atoms with Crippen LogP contribution in [0.4, 0.5) is 0 Å². The Morgan fingerprint density at radius 2 is 1.88 bits per heavy atom. The quantitative estimate of drug-likeness (QED) is 0.703. The van der Waals surface area contributed by atoms with Crippen molar-refractivity contribution in [3.8, 4) is 0 Å². The predicted molar refractivity (Wildman–Crippen MR) is 72.9 cm³/mol. The highest BCUT2D eigenvalue weighted by Gasteiger charge is 2.11. The summed E-state index contributed by atoms with van der Waals surface area (Å²) < 4.78 is 1.90. The minimum Gasteiger partial charge on any atom is -0.324 e. The van der Waals surface area contributed by atoms with Crippen LogP contribution >= 0.6 is 0 Å². The number of aromatic nitrogens is 2. The first-order valence-electron chi connectivity index (χ1n) is 6.91. The van der Waals surface area contributed by atoms with Crippen molar-refractivity contribution in [2.45, 2.75) is 64.8 Å². The minimum atomic E-state index is 0.162. The number of nitrogens with two attached hydrogens (primary N) is 1. The molecule has 1 aromatic heterocycles. The molecule has 1 atom stereocenters. The summed E-state index contributed by atoms with van der Waals surface area (Å²) in [6.45, 7) is 4.34. The molecule has 3 heteroatoms. The van der Waals surface area contributed by atoms with Crippen LogP contribution in [-0.2, 0) is 7.05 Å². The lowest BCUT2D eigenvalue weighted by atomic mass is 10.0. The Kier molecular flexibility index (Phi) is 6.27. The lowest BCUT2D eigenvalue weighted by Crippen LogP contribution is -2.11. The van der Waals surface area contributed by atoms with Gasteiger partial charge in [-0.05, 0) is 13.3 Å². The summed E-state index contributed by atoms with van der Waals surface area (Å²) in [5, 5.41) is 4.24. The molecule has 1 rings (SSSR count). The Morgan fingerprint density at radius 1 is 1.24 bits per heavy atom. The maximum absolute atomic E-state index is 6.20. The molecule has 1 aromatic rings. The molecule has 0 fully saturated rings. The average Bonchev–Trinajstić information content (AvgIpc) is 2.64.